The second-order valence-electron chi connectivity index (χ2n) is 10.1. The van der Waals surface area contributed by atoms with Crippen molar-refractivity contribution in [2.45, 2.75) is 39.3 Å². The standard InChI is InChI=1S/C31H31N5O3S/c1-19-8-4-5-9-24(19)33-28(37)13-15-35-30(29(34-31(35)40)25-10-6-7-14-32-25)23-16-20(2)36(21(23)3)22-11-12-26-27(17-22)39-18-38-26/h4-12,14,16-17,29-30H,13,15,18H2,1-3H3,(H,33,37)(H,34,40)/t29-,30-/m0/s1. The van der Waals surface area contributed by atoms with E-state index in [0.29, 0.717) is 18.1 Å². The molecule has 2 N–H and O–H groups in total. The Morgan fingerprint density at radius 2 is 1.85 bits per heavy atom. The molecule has 0 radical (unpaired) electrons. The van der Waals surface area contributed by atoms with Gasteiger partial charge in [0.1, 0.15) is 0 Å². The van der Waals surface area contributed by atoms with Gasteiger partial charge in [0.05, 0.1) is 17.8 Å². The van der Waals surface area contributed by atoms with Gasteiger partial charge in [0, 0.05) is 48.0 Å². The summed E-state index contributed by atoms with van der Waals surface area (Å²) in [7, 11) is 0. The van der Waals surface area contributed by atoms with Crippen molar-refractivity contribution in [3.8, 4) is 17.2 Å². The molecule has 1 fully saturated rings. The third kappa shape index (κ3) is 4.77. The number of amides is 1. The number of nitrogens with one attached hydrogen (secondary N) is 2. The van der Waals surface area contributed by atoms with E-state index in [2.05, 4.69) is 45.0 Å². The van der Waals surface area contributed by atoms with Crippen LogP contribution < -0.4 is 20.1 Å². The summed E-state index contributed by atoms with van der Waals surface area (Å²) in [5.41, 5.74) is 7.04. The molecular formula is C31H31N5O3S. The molecule has 2 atom stereocenters. The highest BCUT2D eigenvalue weighted by Gasteiger charge is 2.41. The summed E-state index contributed by atoms with van der Waals surface area (Å²) in [6.45, 7) is 6.89. The van der Waals surface area contributed by atoms with Crippen molar-refractivity contribution >= 4 is 28.9 Å². The number of para-hydroxylation sites is 1. The van der Waals surface area contributed by atoms with Crippen LogP contribution in [0.4, 0.5) is 5.69 Å². The summed E-state index contributed by atoms with van der Waals surface area (Å²) in [6, 6.07) is 21.6. The third-order valence-electron chi connectivity index (χ3n) is 7.60. The van der Waals surface area contributed by atoms with Crippen molar-refractivity contribution in [1.29, 1.82) is 0 Å². The number of pyridine rings is 1. The monoisotopic (exact) mass is 553 g/mol. The topological polar surface area (TPSA) is 80.7 Å². The molecule has 2 aliphatic rings. The quantitative estimate of drug-likeness (QED) is 0.292. The molecule has 0 saturated carbocycles. The largest absolute Gasteiger partial charge is 0.454 e. The molecule has 1 amide bonds. The predicted molar refractivity (Wildman–Crippen MR) is 158 cm³/mol. The number of benzene rings is 2. The Hall–Kier alpha value is -4.37. The molecule has 1 saturated heterocycles. The molecule has 0 unspecified atom stereocenters. The Balaban J connectivity index is 1.33. The summed E-state index contributed by atoms with van der Waals surface area (Å²) < 4.78 is 13.4. The van der Waals surface area contributed by atoms with E-state index in [1.54, 1.807) is 6.20 Å². The van der Waals surface area contributed by atoms with Crippen LogP contribution in [0.25, 0.3) is 5.69 Å². The molecule has 2 aromatic carbocycles. The number of anilines is 1. The Morgan fingerprint density at radius 3 is 2.65 bits per heavy atom. The molecule has 0 aliphatic carbocycles. The first-order valence-corrected chi connectivity index (χ1v) is 13.7. The third-order valence-corrected chi connectivity index (χ3v) is 7.95. The van der Waals surface area contributed by atoms with Crippen molar-refractivity contribution in [1.82, 2.24) is 19.8 Å². The minimum atomic E-state index is -0.168. The molecule has 4 heterocycles. The predicted octanol–water partition coefficient (Wildman–Crippen LogP) is 5.53. The summed E-state index contributed by atoms with van der Waals surface area (Å²) in [4.78, 5) is 19.8. The van der Waals surface area contributed by atoms with Gasteiger partial charge in [-0.15, -0.1) is 0 Å². The van der Waals surface area contributed by atoms with E-state index in [1.165, 1.54) is 0 Å². The van der Waals surface area contributed by atoms with Crippen LogP contribution in [0, 0.1) is 20.8 Å². The molecule has 204 valence electrons. The van der Waals surface area contributed by atoms with Crippen molar-refractivity contribution in [2.75, 3.05) is 18.7 Å². The Morgan fingerprint density at radius 1 is 1.05 bits per heavy atom. The number of carbonyl (C=O) groups excluding carboxylic acids is 1. The van der Waals surface area contributed by atoms with Crippen LogP contribution in [0.3, 0.4) is 0 Å². The summed E-state index contributed by atoms with van der Waals surface area (Å²) in [6.07, 6.45) is 2.09. The number of hydrogen-bond acceptors (Lipinski definition) is 5. The molecule has 9 heteroatoms. The smallest absolute Gasteiger partial charge is 0.231 e. The zero-order valence-electron chi connectivity index (χ0n) is 22.7. The first-order valence-electron chi connectivity index (χ1n) is 13.3. The molecular weight excluding hydrogens is 522 g/mol. The number of rotatable bonds is 7. The fraction of sp³-hybridized carbons (Fsp3) is 0.258. The number of hydrogen-bond donors (Lipinski definition) is 2. The zero-order chi connectivity index (χ0) is 27.8. The molecule has 6 rings (SSSR count). The summed E-state index contributed by atoms with van der Waals surface area (Å²) in [5.74, 6) is 1.44. The fourth-order valence-electron chi connectivity index (χ4n) is 5.64. The van der Waals surface area contributed by atoms with Crippen LogP contribution in [-0.4, -0.2) is 38.8 Å². The second-order valence-corrected chi connectivity index (χ2v) is 10.5. The number of aryl methyl sites for hydroxylation is 2. The van der Waals surface area contributed by atoms with Crippen molar-refractivity contribution in [3.05, 3.63) is 101 Å². The first kappa shape index (κ1) is 25.9. The van der Waals surface area contributed by atoms with E-state index >= 15 is 0 Å². The highest BCUT2D eigenvalue weighted by molar-refractivity contribution is 7.80. The van der Waals surface area contributed by atoms with Gasteiger partial charge in [-0.3, -0.25) is 9.78 Å². The van der Waals surface area contributed by atoms with E-state index < -0.39 is 0 Å². The highest BCUT2D eigenvalue weighted by atomic mass is 32.1. The van der Waals surface area contributed by atoms with Crippen LogP contribution in [0.2, 0.25) is 0 Å². The number of thiocarbonyl (C=S) groups is 1. The number of fused-ring (bicyclic) bond motifs is 1. The van der Waals surface area contributed by atoms with E-state index in [0.717, 1.165) is 51.1 Å². The van der Waals surface area contributed by atoms with E-state index in [4.69, 9.17) is 21.7 Å². The number of ether oxygens (including phenoxy) is 2. The number of nitrogens with zero attached hydrogens (tertiary/aromatic N) is 3. The molecule has 40 heavy (non-hydrogen) atoms. The fourth-order valence-corrected chi connectivity index (χ4v) is 5.97. The zero-order valence-corrected chi connectivity index (χ0v) is 23.5. The SMILES string of the molecule is Cc1ccccc1NC(=O)CCN1C(=S)N[C@@H](c2ccccn2)[C@@H]1c1cc(C)n(-c2ccc3c(c2)OCO3)c1C. The lowest BCUT2D eigenvalue weighted by Gasteiger charge is -2.28. The number of aromatic nitrogens is 2. The lowest BCUT2D eigenvalue weighted by Crippen LogP contribution is -2.33. The minimum absolute atomic E-state index is 0.0528. The van der Waals surface area contributed by atoms with Gasteiger partial charge in [-0.2, -0.15) is 0 Å². The lowest BCUT2D eigenvalue weighted by molar-refractivity contribution is -0.116. The number of carbonyl (C=O) groups is 1. The maximum Gasteiger partial charge on any atom is 0.231 e. The van der Waals surface area contributed by atoms with Gasteiger partial charge in [0.25, 0.3) is 0 Å². The van der Waals surface area contributed by atoms with E-state index in [9.17, 15) is 4.79 Å². The van der Waals surface area contributed by atoms with Crippen molar-refractivity contribution < 1.29 is 14.3 Å². The molecule has 2 aliphatic heterocycles. The van der Waals surface area contributed by atoms with E-state index in [1.807, 2.05) is 67.6 Å². The molecule has 0 bridgehead atoms. The lowest BCUT2D eigenvalue weighted by atomic mass is 9.96. The van der Waals surface area contributed by atoms with Crippen LogP contribution in [-0.2, 0) is 4.79 Å². The molecule has 2 aromatic heterocycles. The van der Waals surface area contributed by atoms with Gasteiger partial charge in [-0.25, -0.2) is 0 Å². The maximum absolute atomic E-state index is 13.0. The second kappa shape index (κ2) is 10.7. The minimum Gasteiger partial charge on any atom is -0.454 e. The van der Waals surface area contributed by atoms with Crippen LogP contribution in [0.1, 0.15) is 46.7 Å². The molecule has 0 spiro atoms. The van der Waals surface area contributed by atoms with Crippen LogP contribution in [0.15, 0.2) is 72.9 Å². The molecule has 4 aromatic rings. The Bertz CT molecular complexity index is 1590. The van der Waals surface area contributed by atoms with Gasteiger partial charge >= 0.3 is 0 Å². The Labute approximate surface area is 238 Å². The average molecular weight is 554 g/mol. The average Bonchev–Trinajstić information content (AvgIpc) is 3.63. The van der Waals surface area contributed by atoms with Gasteiger partial charge in [0.2, 0.25) is 12.7 Å². The van der Waals surface area contributed by atoms with Gasteiger partial charge in [0.15, 0.2) is 16.6 Å². The van der Waals surface area contributed by atoms with Gasteiger partial charge in [-0.1, -0.05) is 24.3 Å². The van der Waals surface area contributed by atoms with Crippen LogP contribution >= 0.6 is 12.2 Å². The van der Waals surface area contributed by atoms with Crippen LogP contribution in [0.5, 0.6) is 11.5 Å². The molecule has 8 nitrogen and oxygen atoms in total. The van der Waals surface area contributed by atoms with Crippen molar-refractivity contribution in [3.63, 3.8) is 0 Å². The maximum atomic E-state index is 13.0. The van der Waals surface area contributed by atoms with Gasteiger partial charge in [-0.05, 0) is 80.5 Å². The normalized spacial score (nSPS) is 17.7. The summed E-state index contributed by atoms with van der Waals surface area (Å²) >= 11 is 5.85. The highest BCUT2D eigenvalue weighted by Crippen LogP contribution is 2.42. The first-order chi connectivity index (χ1) is 19.4. The van der Waals surface area contributed by atoms with Crippen molar-refractivity contribution in [2.24, 2.45) is 0 Å². The van der Waals surface area contributed by atoms with E-state index in [-0.39, 0.29) is 24.8 Å². The van der Waals surface area contributed by atoms with Gasteiger partial charge < -0.3 is 29.6 Å². The Kier molecular flexibility index (Phi) is 6.89. The summed E-state index contributed by atoms with van der Waals surface area (Å²) in [5, 5.41) is 7.15.